The Morgan fingerprint density at radius 3 is 2.81 bits per heavy atom. The van der Waals surface area contributed by atoms with Crippen molar-refractivity contribution in [2.45, 2.75) is 37.6 Å². The van der Waals surface area contributed by atoms with Crippen LogP contribution < -0.4 is 5.32 Å². The largest absolute Gasteiger partial charge is 0.481 e. The summed E-state index contributed by atoms with van der Waals surface area (Å²) in [5.41, 5.74) is 2.36. The maximum absolute atomic E-state index is 12.9. The van der Waals surface area contributed by atoms with Crippen molar-refractivity contribution in [3.8, 4) is 0 Å². The molecule has 1 fully saturated rings. The molecule has 0 saturated carbocycles. The predicted molar refractivity (Wildman–Crippen MR) is 99.7 cm³/mol. The number of carbonyl (C=O) groups is 2. The van der Waals surface area contributed by atoms with Crippen LogP contribution in [0.1, 0.15) is 46.8 Å². The number of nitrogens with zero attached hydrogens (tertiary/aromatic N) is 2. The predicted octanol–water partition coefficient (Wildman–Crippen LogP) is 2.13. The van der Waals surface area contributed by atoms with Gasteiger partial charge in [0.15, 0.2) is 0 Å². The average molecular weight is 371 g/mol. The quantitative estimate of drug-likeness (QED) is 0.741. The summed E-state index contributed by atoms with van der Waals surface area (Å²) in [6.07, 6.45) is 3.54. The molecule has 1 aliphatic rings. The van der Waals surface area contributed by atoms with Crippen molar-refractivity contribution in [1.82, 2.24) is 15.1 Å². The first-order valence-electron chi connectivity index (χ1n) is 9.21. The Morgan fingerprint density at radius 1 is 1.37 bits per heavy atom. The lowest BCUT2D eigenvalue weighted by Crippen LogP contribution is -2.37. The number of aromatic nitrogens is 2. The van der Waals surface area contributed by atoms with Crippen molar-refractivity contribution < 1.29 is 19.4 Å². The molecule has 2 aromatic rings. The second-order valence-electron chi connectivity index (χ2n) is 6.95. The van der Waals surface area contributed by atoms with Gasteiger partial charge in [-0.2, -0.15) is 5.10 Å². The molecule has 1 amide bonds. The Hall–Kier alpha value is -2.67. The number of nitrogens with one attached hydrogen (secondary N) is 1. The molecule has 0 aliphatic carbocycles. The van der Waals surface area contributed by atoms with E-state index in [4.69, 9.17) is 9.84 Å². The number of benzene rings is 1. The monoisotopic (exact) mass is 371 g/mol. The molecule has 0 radical (unpaired) electrons. The number of hydrogen-bond acceptors (Lipinski definition) is 4. The number of carboxylic acid groups (broad SMARTS) is 1. The van der Waals surface area contributed by atoms with Gasteiger partial charge in [-0.25, -0.2) is 0 Å². The summed E-state index contributed by atoms with van der Waals surface area (Å²) in [7, 11) is 1.79. The average Bonchev–Trinajstić information content (AvgIpc) is 3.29. The number of ether oxygens (including phenoxy) is 1. The second kappa shape index (κ2) is 8.81. The molecule has 1 aliphatic heterocycles. The smallest absolute Gasteiger partial charge is 0.303 e. The van der Waals surface area contributed by atoms with Crippen molar-refractivity contribution in [2.24, 2.45) is 7.05 Å². The molecule has 2 N–H and O–H groups in total. The zero-order chi connectivity index (χ0) is 19.2. The molecular weight excluding hydrogens is 346 g/mol. The maximum atomic E-state index is 12.9. The van der Waals surface area contributed by atoms with Gasteiger partial charge in [0, 0.05) is 38.2 Å². The van der Waals surface area contributed by atoms with Gasteiger partial charge in [0.1, 0.15) is 0 Å². The van der Waals surface area contributed by atoms with Crippen LogP contribution in [0.3, 0.4) is 0 Å². The topological polar surface area (TPSA) is 93.5 Å². The molecule has 27 heavy (non-hydrogen) atoms. The number of carbonyl (C=O) groups excluding carboxylic acids is 1. The van der Waals surface area contributed by atoms with Gasteiger partial charge in [-0.3, -0.25) is 14.3 Å². The molecule has 1 saturated heterocycles. The van der Waals surface area contributed by atoms with E-state index in [0.717, 1.165) is 17.7 Å². The summed E-state index contributed by atoms with van der Waals surface area (Å²) in [4.78, 5) is 23.9. The van der Waals surface area contributed by atoms with Crippen molar-refractivity contribution in [3.05, 3.63) is 53.3 Å². The molecule has 7 nitrogen and oxygen atoms in total. The summed E-state index contributed by atoms with van der Waals surface area (Å²) < 4.78 is 7.08. The van der Waals surface area contributed by atoms with Crippen LogP contribution in [-0.2, 0) is 23.0 Å². The Balaban J connectivity index is 1.74. The Morgan fingerprint density at radius 2 is 2.15 bits per heavy atom. The van der Waals surface area contributed by atoms with Gasteiger partial charge in [-0.1, -0.05) is 30.3 Å². The number of rotatable bonds is 8. The van der Waals surface area contributed by atoms with Crippen LogP contribution in [0.25, 0.3) is 0 Å². The second-order valence-corrected chi connectivity index (χ2v) is 6.95. The number of hydrogen-bond donors (Lipinski definition) is 2. The Bertz CT molecular complexity index is 782. The van der Waals surface area contributed by atoms with Crippen molar-refractivity contribution in [3.63, 3.8) is 0 Å². The lowest BCUT2D eigenvalue weighted by Gasteiger charge is -2.18. The van der Waals surface area contributed by atoms with Gasteiger partial charge in [0.25, 0.3) is 5.91 Å². The normalized spacial score (nSPS) is 17.6. The lowest BCUT2D eigenvalue weighted by atomic mass is 9.99. The van der Waals surface area contributed by atoms with Crippen molar-refractivity contribution in [1.29, 1.82) is 0 Å². The third-order valence-corrected chi connectivity index (χ3v) is 4.79. The summed E-state index contributed by atoms with van der Waals surface area (Å²) in [5, 5.41) is 16.5. The van der Waals surface area contributed by atoms with E-state index in [-0.39, 0.29) is 24.3 Å². The molecule has 144 valence electrons. The molecule has 1 aromatic heterocycles. The van der Waals surface area contributed by atoms with Crippen molar-refractivity contribution in [2.75, 3.05) is 13.2 Å². The third kappa shape index (κ3) is 5.17. The van der Waals surface area contributed by atoms with Gasteiger partial charge < -0.3 is 15.2 Å². The minimum absolute atomic E-state index is 0.00808. The van der Waals surface area contributed by atoms with Gasteiger partial charge in [0.05, 0.1) is 17.9 Å². The zero-order valence-corrected chi connectivity index (χ0v) is 15.4. The van der Waals surface area contributed by atoms with Crippen LogP contribution >= 0.6 is 0 Å². The number of aliphatic carboxylic acids is 1. The highest BCUT2D eigenvalue weighted by Crippen LogP contribution is 2.26. The number of carboxylic acids is 1. The lowest BCUT2D eigenvalue weighted by molar-refractivity contribution is -0.137. The molecule has 2 heterocycles. The number of aryl methyl sites for hydroxylation is 1. The van der Waals surface area contributed by atoms with Crippen LogP contribution in [0.2, 0.25) is 0 Å². The van der Waals surface area contributed by atoms with E-state index in [1.54, 1.807) is 17.9 Å². The van der Waals surface area contributed by atoms with Crippen LogP contribution in [0.15, 0.2) is 36.5 Å². The van der Waals surface area contributed by atoms with Crippen LogP contribution in [0, 0.1) is 0 Å². The van der Waals surface area contributed by atoms with Gasteiger partial charge >= 0.3 is 5.97 Å². The van der Waals surface area contributed by atoms with Gasteiger partial charge in [-0.15, -0.1) is 0 Å². The van der Waals surface area contributed by atoms with E-state index in [9.17, 15) is 9.59 Å². The van der Waals surface area contributed by atoms with E-state index >= 15 is 0 Å². The summed E-state index contributed by atoms with van der Waals surface area (Å²) >= 11 is 0. The Kier molecular flexibility index (Phi) is 6.24. The van der Waals surface area contributed by atoms with E-state index < -0.39 is 5.97 Å². The number of amides is 1. The van der Waals surface area contributed by atoms with Crippen LogP contribution in [0.4, 0.5) is 0 Å². The highest BCUT2D eigenvalue weighted by atomic mass is 16.5. The van der Waals surface area contributed by atoms with Gasteiger partial charge in [-0.05, 0) is 24.8 Å². The fourth-order valence-electron chi connectivity index (χ4n) is 3.42. The van der Waals surface area contributed by atoms with E-state index in [1.807, 2.05) is 30.3 Å². The fraction of sp³-hybridized carbons (Fsp3) is 0.450. The minimum atomic E-state index is -0.868. The first-order chi connectivity index (χ1) is 13.0. The van der Waals surface area contributed by atoms with E-state index in [2.05, 4.69) is 10.4 Å². The summed E-state index contributed by atoms with van der Waals surface area (Å²) in [6.45, 7) is 1.25. The molecule has 0 bridgehead atoms. The third-order valence-electron chi connectivity index (χ3n) is 4.79. The standard InChI is InChI=1S/C20H25N3O4/c1-23-12-17(19(22-23)15-9-10-27-13-15)20(26)21-16(7-8-18(24)25)11-14-5-3-2-4-6-14/h2-6,12,15-16H,7-11,13H2,1H3,(H,21,26)(H,24,25). The maximum Gasteiger partial charge on any atom is 0.303 e. The van der Waals surface area contributed by atoms with Crippen molar-refractivity contribution >= 4 is 11.9 Å². The molecule has 7 heteroatoms. The summed E-state index contributed by atoms with van der Waals surface area (Å²) in [5.74, 6) is -0.956. The van der Waals surface area contributed by atoms with Crippen LogP contribution in [-0.4, -0.2) is 46.0 Å². The molecule has 3 rings (SSSR count). The summed E-state index contributed by atoms with van der Waals surface area (Å²) in [6, 6.07) is 9.50. The molecule has 2 unspecified atom stereocenters. The molecule has 2 atom stereocenters. The SMILES string of the molecule is Cn1cc(C(=O)NC(CCC(=O)O)Cc2ccccc2)c(C2CCOC2)n1. The first-order valence-corrected chi connectivity index (χ1v) is 9.21. The highest BCUT2D eigenvalue weighted by Gasteiger charge is 2.27. The van der Waals surface area contributed by atoms with E-state index in [0.29, 0.717) is 31.6 Å². The minimum Gasteiger partial charge on any atom is -0.481 e. The fourth-order valence-corrected chi connectivity index (χ4v) is 3.42. The highest BCUT2D eigenvalue weighted by molar-refractivity contribution is 5.95. The molecule has 0 spiro atoms. The zero-order valence-electron chi connectivity index (χ0n) is 15.4. The molecular formula is C20H25N3O4. The van der Waals surface area contributed by atoms with Crippen LogP contribution in [0.5, 0.6) is 0 Å². The van der Waals surface area contributed by atoms with E-state index in [1.165, 1.54) is 0 Å². The van der Waals surface area contributed by atoms with Gasteiger partial charge in [0.2, 0.25) is 0 Å². The first kappa shape index (κ1) is 19.1. The Labute approximate surface area is 158 Å². The molecule has 1 aromatic carbocycles.